The molecule has 4 rings (SSSR count). The average molecular weight is 351 g/mol. The van der Waals surface area contributed by atoms with E-state index in [0.29, 0.717) is 17.9 Å². The van der Waals surface area contributed by atoms with E-state index in [4.69, 9.17) is 9.47 Å². The van der Waals surface area contributed by atoms with E-state index in [9.17, 15) is 9.59 Å². The third-order valence-corrected chi connectivity index (χ3v) is 5.40. The van der Waals surface area contributed by atoms with Crippen molar-refractivity contribution >= 4 is 11.7 Å². The van der Waals surface area contributed by atoms with Crippen LogP contribution in [0.5, 0.6) is 11.5 Å². The van der Waals surface area contributed by atoms with E-state index in [0.717, 1.165) is 23.3 Å². The summed E-state index contributed by atoms with van der Waals surface area (Å²) in [6, 6.07) is 12.7. The van der Waals surface area contributed by atoms with Gasteiger partial charge in [0.15, 0.2) is 5.78 Å². The van der Waals surface area contributed by atoms with Crippen LogP contribution >= 0.6 is 0 Å². The topological polar surface area (TPSA) is 55.8 Å². The Hall–Kier alpha value is -2.82. The molecule has 2 aliphatic rings. The molecule has 1 amide bonds. The minimum Gasteiger partial charge on any atom is -0.497 e. The molecule has 0 unspecified atom stereocenters. The fourth-order valence-electron chi connectivity index (χ4n) is 4.19. The number of carbonyl (C=O) groups excluding carboxylic acids is 2. The van der Waals surface area contributed by atoms with Gasteiger partial charge in [-0.1, -0.05) is 30.3 Å². The van der Waals surface area contributed by atoms with Crippen molar-refractivity contribution in [2.24, 2.45) is 5.92 Å². The molecule has 0 aromatic heterocycles. The van der Waals surface area contributed by atoms with Crippen LogP contribution in [0, 0.1) is 5.92 Å². The molecule has 134 valence electrons. The zero-order valence-electron chi connectivity index (χ0n) is 14.9. The van der Waals surface area contributed by atoms with Crippen molar-refractivity contribution in [2.45, 2.75) is 18.9 Å². The molecule has 5 heteroatoms. The van der Waals surface area contributed by atoms with Crippen molar-refractivity contribution in [3.05, 3.63) is 59.2 Å². The SMILES string of the molecule is COc1cc2c(c(OC)c1)[C@H]1[C@H](C(=O)c3ccccc3)CC(=O)N1CC2. The zero-order valence-corrected chi connectivity index (χ0v) is 14.9. The van der Waals surface area contributed by atoms with E-state index >= 15 is 0 Å². The molecule has 0 N–H and O–H groups in total. The Labute approximate surface area is 152 Å². The number of ketones is 1. The van der Waals surface area contributed by atoms with Crippen LogP contribution in [0.1, 0.15) is 33.9 Å². The summed E-state index contributed by atoms with van der Waals surface area (Å²) in [5.41, 5.74) is 2.68. The van der Waals surface area contributed by atoms with Crippen LogP contribution in [0.25, 0.3) is 0 Å². The second-order valence-electron chi connectivity index (χ2n) is 6.73. The van der Waals surface area contributed by atoms with Gasteiger partial charge >= 0.3 is 0 Å². The van der Waals surface area contributed by atoms with Crippen molar-refractivity contribution in [3.63, 3.8) is 0 Å². The zero-order chi connectivity index (χ0) is 18.3. The minimum absolute atomic E-state index is 0.0113. The molecule has 2 atom stereocenters. The Bertz CT molecular complexity index is 845. The first-order chi connectivity index (χ1) is 12.6. The van der Waals surface area contributed by atoms with Crippen molar-refractivity contribution in [1.29, 1.82) is 0 Å². The maximum Gasteiger partial charge on any atom is 0.223 e. The Morgan fingerprint density at radius 1 is 1.12 bits per heavy atom. The van der Waals surface area contributed by atoms with E-state index in [1.807, 2.05) is 47.4 Å². The number of methoxy groups -OCH3 is 2. The van der Waals surface area contributed by atoms with E-state index in [-0.39, 0.29) is 24.2 Å². The number of ether oxygens (including phenoxy) is 2. The summed E-state index contributed by atoms with van der Waals surface area (Å²) in [6.07, 6.45) is 0.977. The van der Waals surface area contributed by atoms with Gasteiger partial charge < -0.3 is 14.4 Å². The summed E-state index contributed by atoms with van der Waals surface area (Å²) in [5.74, 6) is 1.05. The van der Waals surface area contributed by atoms with Crippen LogP contribution < -0.4 is 9.47 Å². The number of nitrogens with zero attached hydrogens (tertiary/aromatic N) is 1. The second-order valence-corrected chi connectivity index (χ2v) is 6.73. The van der Waals surface area contributed by atoms with Crippen molar-refractivity contribution < 1.29 is 19.1 Å². The standard InChI is InChI=1S/C21H21NO4/c1-25-15-10-14-8-9-22-18(23)12-16(20(22)19(14)17(11-15)26-2)21(24)13-6-4-3-5-7-13/h3-7,10-11,16,20H,8-9,12H2,1-2H3/t16-,20-/m1/s1. The largest absolute Gasteiger partial charge is 0.497 e. The van der Waals surface area contributed by atoms with Crippen LogP contribution in [0.2, 0.25) is 0 Å². The molecular formula is C21H21NO4. The molecule has 2 heterocycles. The first kappa shape index (κ1) is 16.6. The van der Waals surface area contributed by atoms with E-state index < -0.39 is 5.92 Å². The number of amides is 1. The van der Waals surface area contributed by atoms with Gasteiger partial charge in [-0.15, -0.1) is 0 Å². The molecule has 0 radical (unpaired) electrons. The highest BCUT2D eigenvalue weighted by Crippen LogP contribution is 2.48. The van der Waals surface area contributed by atoms with E-state index in [2.05, 4.69) is 0 Å². The fourth-order valence-corrected chi connectivity index (χ4v) is 4.19. The molecule has 1 fully saturated rings. The van der Waals surface area contributed by atoms with Crippen LogP contribution in [0.15, 0.2) is 42.5 Å². The van der Waals surface area contributed by atoms with E-state index in [1.54, 1.807) is 14.2 Å². The Morgan fingerprint density at radius 3 is 2.58 bits per heavy atom. The monoisotopic (exact) mass is 351 g/mol. The smallest absolute Gasteiger partial charge is 0.223 e. The van der Waals surface area contributed by atoms with Gasteiger partial charge in [0, 0.05) is 30.2 Å². The number of benzene rings is 2. The van der Waals surface area contributed by atoms with Crippen molar-refractivity contribution in [3.8, 4) is 11.5 Å². The first-order valence-corrected chi connectivity index (χ1v) is 8.77. The molecule has 1 saturated heterocycles. The molecule has 0 saturated carbocycles. The molecule has 5 nitrogen and oxygen atoms in total. The lowest BCUT2D eigenvalue weighted by atomic mass is 9.82. The van der Waals surface area contributed by atoms with Crippen LogP contribution in [-0.2, 0) is 11.2 Å². The highest BCUT2D eigenvalue weighted by Gasteiger charge is 2.48. The van der Waals surface area contributed by atoms with Gasteiger partial charge in [0.2, 0.25) is 5.91 Å². The number of carbonyl (C=O) groups is 2. The molecular weight excluding hydrogens is 330 g/mol. The number of Topliss-reactive ketones (excluding diaryl/α,β-unsaturated/α-hetero) is 1. The van der Waals surface area contributed by atoms with Gasteiger partial charge in [-0.25, -0.2) is 0 Å². The predicted molar refractivity (Wildman–Crippen MR) is 96.6 cm³/mol. The van der Waals surface area contributed by atoms with Gasteiger partial charge in [0.05, 0.1) is 26.2 Å². The number of hydrogen-bond acceptors (Lipinski definition) is 4. The lowest BCUT2D eigenvalue weighted by molar-refractivity contribution is -0.129. The summed E-state index contributed by atoms with van der Waals surface area (Å²) in [4.78, 5) is 27.6. The molecule has 26 heavy (non-hydrogen) atoms. The second kappa shape index (κ2) is 6.48. The summed E-state index contributed by atoms with van der Waals surface area (Å²) in [6.45, 7) is 0.616. The maximum absolute atomic E-state index is 13.1. The molecule has 0 aliphatic carbocycles. The third kappa shape index (κ3) is 2.55. The average Bonchev–Trinajstić information content (AvgIpc) is 3.03. The maximum atomic E-state index is 13.1. The third-order valence-electron chi connectivity index (χ3n) is 5.40. The minimum atomic E-state index is -0.397. The lowest BCUT2D eigenvalue weighted by Crippen LogP contribution is -2.37. The summed E-state index contributed by atoms with van der Waals surface area (Å²) in [5, 5.41) is 0. The number of rotatable bonds is 4. The van der Waals surface area contributed by atoms with Crippen LogP contribution in [-0.4, -0.2) is 37.4 Å². The summed E-state index contributed by atoms with van der Waals surface area (Å²) < 4.78 is 11.0. The molecule has 0 spiro atoms. The number of hydrogen-bond donors (Lipinski definition) is 0. The molecule has 2 aliphatic heterocycles. The molecule has 2 aromatic carbocycles. The highest BCUT2D eigenvalue weighted by molar-refractivity contribution is 6.02. The normalized spacial score (nSPS) is 21.2. The van der Waals surface area contributed by atoms with Crippen LogP contribution in [0.3, 0.4) is 0 Å². The fraction of sp³-hybridized carbons (Fsp3) is 0.333. The first-order valence-electron chi connectivity index (χ1n) is 8.77. The van der Waals surface area contributed by atoms with Gasteiger partial charge in [-0.3, -0.25) is 9.59 Å². The van der Waals surface area contributed by atoms with Crippen molar-refractivity contribution in [2.75, 3.05) is 20.8 Å². The summed E-state index contributed by atoms with van der Waals surface area (Å²) >= 11 is 0. The Kier molecular flexibility index (Phi) is 4.15. The predicted octanol–water partition coefficient (Wildman–Crippen LogP) is 3.03. The van der Waals surface area contributed by atoms with Crippen molar-refractivity contribution in [1.82, 2.24) is 4.90 Å². The lowest BCUT2D eigenvalue weighted by Gasteiger charge is -2.35. The quantitative estimate of drug-likeness (QED) is 0.795. The Balaban J connectivity index is 1.81. The van der Waals surface area contributed by atoms with Gasteiger partial charge in [0.1, 0.15) is 11.5 Å². The Morgan fingerprint density at radius 2 is 1.88 bits per heavy atom. The molecule has 0 bridgehead atoms. The molecule has 2 aromatic rings. The number of fused-ring (bicyclic) bond motifs is 3. The van der Waals surface area contributed by atoms with Gasteiger partial charge in [0.25, 0.3) is 0 Å². The highest BCUT2D eigenvalue weighted by atomic mass is 16.5. The summed E-state index contributed by atoms with van der Waals surface area (Å²) in [7, 11) is 3.23. The van der Waals surface area contributed by atoms with Gasteiger partial charge in [-0.2, -0.15) is 0 Å². The van der Waals surface area contributed by atoms with Gasteiger partial charge in [-0.05, 0) is 18.1 Å². The van der Waals surface area contributed by atoms with E-state index in [1.165, 1.54) is 0 Å². The van der Waals surface area contributed by atoms with Crippen LogP contribution in [0.4, 0.5) is 0 Å².